The summed E-state index contributed by atoms with van der Waals surface area (Å²) in [5.41, 5.74) is 0.926. The first kappa shape index (κ1) is 19.4. The van der Waals surface area contributed by atoms with Crippen molar-refractivity contribution in [2.24, 2.45) is 0 Å². The molecule has 0 amide bonds. The Bertz CT molecular complexity index is 449. The molecule has 0 aliphatic carbocycles. The zero-order valence-corrected chi connectivity index (χ0v) is 16.6. The van der Waals surface area contributed by atoms with Crippen LogP contribution in [-0.4, -0.2) is 27.2 Å². The topological polar surface area (TPSA) is 29.5 Å². The van der Waals surface area contributed by atoms with Crippen LogP contribution in [0.1, 0.15) is 71.8 Å². The van der Waals surface area contributed by atoms with Gasteiger partial charge in [-0.3, -0.25) is 0 Å². The number of phenols is 1. The zero-order chi connectivity index (χ0) is 16.6. The summed E-state index contributed by atoms with van der Waals surface area (Å²) >= 11 is 0.323. The monoisotopic (exact) mass is 372 g/mol. The molecular weight excluding hydrogens is 339 g/mol. The predicted octanol–water partition coefficient (Wildman–Crippen LogP) is 4.81. The molecule has 0 spiro atoms. The molecule has 0 heterocycles. The SMILES string of the molecule is CCCCCCCC[Se]c1cc(OC)cc(C(C)(C)C)c1O. The van der Waals surface area contributed by atoms with Crippen LogP contribution in [0.15, 0.2) is 12.1 Å². The third-order valence-electron chi connectivity index (χ3n) is 3.85. The van der Waals surface area contributed by atoms with Gasteiger partial charge in [0.15, 0.2) is 0 Å². The van der Waals surface area contributed by atoms with Crippen molar-refractivity contribution in [3.63, 3.8) is 0 Å². The van der Waals surface area contributed by atoms with E-state index in [1.807, 2.05) is 12.1 Å². The van der Waals surface area contributed by atoms with Gasteiger partial charge in [0.25, 0.3) is 0 Å². The average Bonchev–Trinajstić information content (AvgIpc) is 2.46. The molecule has 0 radical (unpaired) electrons. The molecule has 0 saturated heterocycles. The second kappa shape index (κ2) is 9.47. The van der Waals surface area contributed by atoms with Crippen molar-refractivity contribution in [3.8, 4) is 11.5 Å². The molecule has 1 aromatic carbocycles. The van der Waals surface area contributed by atoms with Crippen molar-refractivity contribution >= 4 is 19.4 Å². The van der Waals surface area contributed by atoms with Crippen molar-refractivity contribution in [2.75, 3.05) is 7.11 Å². The Kier molecular flexibility index (Phi) is 8.35. The van der Waals surface area contributed by atoms with E-state index in [0.717, 1.165) is 15.8 Å². The first-order valence-corrected chi connectivity index (χ1v) is 10.5. The van der Waals surface area contributed by atoms with E-state index in [1.165, 1.54) is 43.8 Å². The minimum atomic E-state index is -0.0659. The van der Waals surface area contributed by atoms with Crippen molar-refractivity contribution in [3.05, 3.63) is 17.7 Å². The van der Waals surface area contributed by atoms with E-state index < -0.39 is 0 Å². The molecule has 1 aromatic rings. The number of phenolic OH excluding ortho intramolecular Hbond substituents is 1. The Balaban J connectivity index is 2.62. The Morgan fingerprint density at radius 2 is 1.68 bits per heavy atom. The van der Waals surface area contributed by atoms with E-state index in [-0.39, 0.29) is 5.41 Å². The van der Waals surface area contributed by atoms with E-state index in [4.69, 9.17) is 4.74 Å². The van der Waals surface area contributed by atoms with E-state index in [1.54, 1.807) is 7.11 Å². The maximum absolute atomic E-state index is 10.6. The molecule has 1 rings (SSSR count). The number of aromatic hydroxyl groups is 1. The van der Waals surface area contributed by atoms with Crippen molar-refractivity contribution in [1.29, 1.82) is 0 Å². The molecule has 126 valence electrons. The quantitative estimate of drug-likeness (QED) is 0.499. The van der Waals surface area contributed by atoms with E-state index in [9.17, 15) is 5.11 Å². The van der Waals surface area contributed by atoms with E-state index in [0.29, 0.717) is 20.7 Å². The van der Waals surface area contributed by atoms with Crippen molar-refractivity contribution in [1.82, 2.24) is 0 Å². The minimum absolute atomic E-state index is 0.0659. The second-order valence-electron chi connectivity index (χ2n) is 6.89. The Labute approximate surface area is 142 Å². The van der Waals surface area contributed by atoms with Crippen LogP contribution >= 0.6 is 0 Å². The summed E-state index contributed by atoms with van der Waals surface area (Å²) in [6.07, 6.45) is 7.96. The Morgan fingerprint density at radius 1 is 1.05 bits per heavy atom. The summed E-state index contributed by atoms with van der Waals surface area (Å²) in [6, 6.07) is 3.99. The second-order valence-corrected chi connectivity index (χ2v) is 9.27. The Morgan fingerprint density at radius 3 is 2.27 bits per heavy atom. The third-order valence-corrected chi connectivity index (χ3v) is 6.19. The first-order valence-electron chi connectivity index (χ1n) is 8.44. The normalized spacial score (nSPS) is 11.7. The summed E-state index contributed by atoms with van der Waals surface area (Å²) in [5.74, 6) is 1.35. The summed E-state index contributed by atoms with van der Waals surface area (Å²) < 4.78 is 6.50. The number of rotatable bonds is 9. The molecule has 0 aromatic heterocycles. The molecule has 0 aliphatic heterocycles. The number of hydrogen-bond donors (Lipinski definition) is 1. The maximum atomic E-state index is 10.6. The van der Waals surface area contributed by atoms with Crippen LogP contribution in [0.3, 0.4) is 0 Å². The van der Waals surface area contributed by atoms with Gasteiger partial charge in [0, 0.05) is 0 Å². The Hall–Kier alpha value is -0.661. The van der Waals surface area contributed by atoms with E-state index >= 15 is 0 Å². The summed E-state index contributed by atoms with van der Waals surface area (Å²) in [7, 11) is 1.70. The van der Waals surface area contributed by atoms with Crippen LogP contribution in [0.25, 0.3) is 0 Å². The zero-order valence-electron chi connectivity index (χ0n) is 14.9. The standard InChI is InChI=1S/C19H32O2Se/c1-6-7-8-9-10-11-12-22-17-14-15(21-5)13-16(18(17)20)19(2,3)4/h13-14,20H,6-12H2,1-5H3. The van der Waals surface area contributed by atoms with Gasteiger partial charge in [0.05, 0.1) is 0 Å². The van der Waals surface area contributed by atoms with Gasteiger partial charge >= 0.3 is 143 Å². The van der Waals surface area contributed by atoms with Gasteiger partial charge < -0.3 is 0 Å². The molecule has 0 aliphatic rings. The molecule has 0 saturated carbocycles. The molecule has 22 heavy (non-hydrogen) atoms. The molecule has 2 nitrogen and oxygen atoms in total. The fraction of sp³-hybridized carbons (Fsp3) is 0.684. The van der Waals surface area contributed by atoms with Gasteiger partial charge in [0.2, 0.25) is 0 Å². The van der Waals surface area contributed by atoms with Gasteiger partial charge in [-0.2, -0.15) is 0 Å². The third kappa shape index (κ3) is 6.22. The van der Waals surface area contributed by atoms with Gasteiger partial charge in [-0.15, -0.1) is 0 Å². The summed E-state index contributed by atoms with van der Waals surface area (Å²) in [6.45, 7) is 8.64. The van der Waals surface area contributed by atoms with Gasteiger partial charge in [0.1, 0.15) is 0 Å². The fourth-order valence-corrected chi connectivity index (χ4v) is 4.58. The van der Waals surface area contributed by atoms with Crippen molar-refractivity contribution < 1.29 is 9.84 Å². The molecular formula is C19H32O2Se. The average molecular weight is 371 g/mol. The molecule has 0 unspecified atom stereocenters. The van der Waals surface area contributed by atoms with Crippen molar-refractivity contribution in [2.45, 2.75) is 77.0 Å². The summed E-state index contributed by atoms with van der Waals surface area (Å²) in [5, 5.41) is 11.8. The van der Waals surface area contributed by atoms with Crippen LogP contribution in [0.5, 0.6) is 11.5 Å². The first-order chi connectivity index (χ1) is 10.4. The molecule has 0 bridgehead atoms. The van der Waals surface area contributed by atoms with Crippen LogP contribution in [0.2, 0.25) is 5.32 Å². The molecule has 0 atom stereocenters. The van der Waals surface area contributed by atoms with Crippen LogP contribution in [0.4, 0.5) is 0 Å². The van der Waals surface area contributed by atoms with Crippen LogP contribution in [-0.2, 0) is 5.41 Å². The molecule has 1 N–H and O–H groups in total. The number of unbranched alkanes of at least 4 members (excludes halogenated alkanes) is 5. The van der Waals surface area contributed by atoms with E-state index in [2.05, 4.69) is 27.7 Å². The fourth-order valence-electron chi connectivity index (χ4n) is 2.45. The number of benzene rings is 1. The number of ether oxygens (including phenoxy) is 1. The number of methoxy groups -OCH3 is 1. The van der Waals surface area contributed by atoms with Gasteiger partial charge in [-0.05, 0) is 0 Å². The predicted molar refractivity (Wildman–Crippen MR) is 96.9 cm³/mol. The summed E-state index contributed by atoms with van der Waals surface area (Å²) in [4.78, 5) is 0. The van der Waals surface area contributed by atoms with Gasteiger partial charge in [-0.25, -0.2) is 0 Å². The van der Waals surface area contributed by atoms with Crippen LogP contribution in [0, 0.1) is 0 Å². The van der Waals surface area contributed by atoms with Gasteiger partial charge in [-0.1, -0.05) is 0 Å². The molecule has 3 heteroatoms. The molecule has 0 fully saturated rings. The van der Waals surface area contributed by atoms with Crippen LogP contribution < -0.4 is 9.20 Å². The number of hydrogen-bond acceptors (Lipinski definition) is 2.